The van der Waals surface area contributed by atoms with Crippen LogP contribution in [-0.4, -0.2) is 18.1 Å². The second-order valence-corrected chi connectivity index (χ2v) is 6.25. The van der Waals surface area contributed by atoms with Gasteiger partial charge in [0.05, 0.1) is 10.5 Å². The van der Waals surface area contributed by atoms with Gasteiger partial charge in [0.1, 0.15) is 11.5 Å². The summed E-state index contributed by atoms with van der Waals surface area (Å²) in [5.41, 5.74) is 2.82. The maximum absolute atomic E-state index is 11.3. The van der Waals surface area contributed by atoms with E-state index in [0.717, 1.165) is 11.1 Å². The molecule has 0 aliphatic carbocycles. The largest absolute Gasteiger partial charge is 0.360 e. The van der Waals surface area contributed by atoms with Gasteiger partial charge in [0, 0.05) is 5.56 Å². The van der Waals surface area contributed by atoms with Gasteiger partial charge in [-0.05, 0) is 24.6 Å². The Hall–Kier alpha value is -2.44. The van der Waals surface area contributed by atoms with Crippen LogP contribution in [0.1, 0.15) is 5.76 Å². The second-order valence-electron chi connectivity index (χ2n) is 4.83. The lowest BCUT2D eigenvalue weighted by molar-refractivity contribution is 0.400. The first-order valence-electron chi connectivity index (χ1n) is 6.56. The predicted molar refractivity (Wildman–Crippen MR) is 81.9 cm³/mol. The van der Waals surface area contributed by atoms with Crippen LogP contribution in [0, 0.1) is 6.92 Å². The van der Waals surface area contributed by atoms with Crippen LogP contribution in [0.3, 0.4) is 0 Å². The van der Waals surface area contributed by atoms with Crippen molar-refractivity contribution in [1.29, 1.82) is 0 Å². The van der Waals surface area contributed by atoms with Gasteiger partial charge in [0.15, 0.2) is 0 Å². The Kier molecular flexibility index (Phi) is 3.56. The summed E-state index contributed by atoms with van der Waals surface area (Å²) >= 11 is 0. The van der Waals surface area contributed by atoms with Crippen LogP contribution in [0.25, 0.3) is 22.4 Å². The van der Waals surface area contributed by atoms with Crippen molar-refractivity contribution in [1.82, 2.24) is 5.16 Å². The van der Waals surface area contributed by atoms with Crippen LogP contribution < -0.4 is 0 Å². The molecule has 0 fully saturated rings. The van der Waals surface area contributed by atoms with Gasteiger partial charge < -0.3 is 4.52 Å². The van der Waals surface area contributed by atoms with Crippen molar-refractivity contribution in [2.24, 2.45) is 0 Å². The average molecular weight is 315 g/mol. The molecule has 1 heterocycles. The summed E-state index contributed by atoms with van der Waals surface area (Å²) in [5, 5.41) is 4.03. The molecule has 0 bridgehead atoms. The summed E-state index contributed by atoms with van der Waals surface area (Å²) in [5.74, 6) is 0.637. The Morgan fingerprint density at radius 2 is 1.68 bits per heavy atom. The van der Waals surface area contributed by atoms with Gasteiger partial charge in [0.25, 0.3) is 10.1 Å². The number of rotatable bonds is 3. The van der Waals surface area contributed by atoms with Gasteiger partial charge in [0.2, 0.25) is 0 Å². The summed E-state index contributed by atoms with van der Waals surface area (Å²) < 4.78 is 37.0. The van der Waals surface area contributed by atoms with E-state index >= 15 is 0 Å². The van der Waals surface area contributed by atoms with Crippen LogP contribution >= 0.6 is 0 Å². The van der Waals surface area contributed by atoms with Crippen LogP contribution in [0.15, 0.2) is 64.0 Å². The van der Waals surface area contributed by atoms with E-state index in [-0.39, 0.29) is 4.90 Å². The molecule has 3 aromatic rings. The van der Waals surface area contributed by atoms with Gasteiger partial charge in [-0.25, -0.2) is 0 Å². The number of aromatic nitrogens is 1. The third-order valence-corrected chi connectivity index (χ3v) is 4.18. The molecule has 0 unspecified atom stereocenters. The fourth-order valence-electron chi connectivity index (χ4n) is 2.32. The summed E-state index contributed by atoms with van der Waals surface area (Å²) in [6.07, 6.45) is 0. The molecule has 0 atom stereocenters. The van der Waals surface area contributed by atoms with E-state index in [1.54, 1.807) is 19.1 Å². The van der Waals surface area contributed by atoms with E-state index in [1.807, 2.05) is 30.3 Å². The van der Waals surface area contributed by atoms with Gasteiger partial charge >= 0.3 is 0 Å². The Morgan fingerprint density at radius 1 is 1.00 bits per heavy atom. The van der Waals surface area contributed by atoms with Gasteiger partial charge in [-0.3, -0.25) is 4.55 Å². The van der Waals surface area contributed by atoms with E-state index in [2.05, 4.69) is 5.16 Å². The molecule has 0 spiro atoms. The fourth-order valence-corrected chi connectivity index (χ4v) is 2.84. The maximum atomic E-state index is 11.3. The van der Waals surface area contributed by atoms with Gasteiger partial charge in [-0.2, -0.15) is 8.42 Å². The maximum Gasteiger partial charge on any atom is 0.294 e. The first-order valence-corrected chi connectivity index (χ1v) is 8.00. The normalized spacial score (nSPS) is 11.5. The minimum Gasteiger partial charge on any atom is -0.360 e. The van der Waals surface area contributed by atoms with Crippen molar-refractivity contribution in [3.63, 3.8) is 0 Å². The lowest BCUT2D eigenvalue weighted by atomic mass is 10.00. The zero-order valence-electron chi connectivity index (χ0n) is 11.7. The molecule has 0 radical (unpaired) electrons. The van der Waals surface area contributed by atoms with Crippen LogP contribution in [-0.2, 0) is 10.1 Å². The van der Waals surface area contributed by atoms with E-state index in [4.69, 9.17) is 4.52 Å². The molecule has 0 aliphatic rings. The molecule has 1 N–H and O–H groups in total. The first kappa shape index (κ1) is 14.5. The van der Waals surface area contributed by atoms with E-state index in [9.17, 15) is 13.0 Å². The lowest BCUT2D eigenvalue weighted by Gasteiger charge is -2.04. The molecule has 0 amide bonds. The quantitative estimate of drug-likeness (QED) is 0.747. The van der Waals surface area contributed by atoms with Crippen molar-refractivity contribution in [3.8, 4) is 22.4 Å². The molecule has 3 rings (SSSR count). The molecule has 6 heteroatoms. The fraction of sp³-hybridized carbons (Fsp3) is 0.0625. The number of aryl methyl sites for hydroxylation is 1. The predicted octanol–water partition coefficient (Wildman–Crippen LogP) is 3.56. The standard InChI is InChI=1S/C16H13NO4S/c1-11-15(12-6-3-2-4-7-12)16(17-21-11)13-8-5-9-14(10-13)22(18,19)20/h2-10H,1H3,(H,18,19,20). The Morgan fingerprint density at radius 3 is 2.36 bits per heavy atom. The molecule has 0 saturated carbocycles. The van der Waals surface area contributed by atoms with Crippen molar-refractivity contribution in [3.05, 3.63) is 60.4 Å². The summed E-state index contributed by atoms with van der Waals surface area (Å²) in [7, 11) is -4.26. The topological polar surface area (TPSA) is 80.4 Å². The zero-order chi connectivity index (χ0) is 15.7. The van der Waals surface area contributed by atoms with Crippen LogP contribution in [0.5, 0.6) is 0 Å². The smallest absolute Gasteiger partial charge is 0.294 e. The Bertz CT molecular complexity index is 914. The highest BCUT2D eigenvalue weighted by molar-refractivity contribution is 7.85. The molecule has 5 nitrogen and oxygen atoms in total. The van der Waals surface area contributed by atoms with Gasteiger partial charge in [-0.15, -0.1) is 0 Å². The molecule has 0 aliphatic heterocycles. The number of nitrogens with zero attached hydrogens (tertiary/aromatic N) is 1. The minimum atomic E-state index is -4.26. The SMILES string of the molecule is Cc1onc(-c2cccc(S(=O)(=O)O)c2)c1-c1ccccc1. The first-order chi connectivity index (χ1) is 10.5. The Balaban J connectivity index is 2.19. The second kappa shape index (κ2) is 5.40. The van der Waals surface area contributed by atoms with Crippen molar-refractivity contribution < 1.29 is 17.5 Å². The zero-order valence-corrected chi connectivity index (χ0v) is 12.5. The highest BCUT2D eigenvalue weighted by atomic mass is 32.2. The minimum absolute atomic E-state index is 0.176. The average Bonchev–Trinajstić information content (AvgIpc) is 2.89. The third-order valence-electron chi connectivity index (χ3n) is 3.33. The molecule has 112 valence electrons. The monoisotopic (exact) mass is 315 g/mol. The molecule has 2 aromatic carbocycles. The van der Waals surface area contributed by atoms with Gasteiger partial charge in [-0.1, -0.05) is 47.6 Å². The highest BCUT2D eigenvalue weighted by Crippen LogP contribution is 2.34. The summed E-state index contributed by atoms with van der Waals surface area (Å²) in [6.45, 7) is 1.80. The number of benzene rings is 2. The Labute approximate surface area is 128 Å². The van der Waals surface area contributed by atoms with Crippen molar-refractivity contribution in [2.75, 3.05) is 0 Å². The molecular formula is C16H13NO4S. The molecule has 0 saturated heterocycles. The third kappa shape index (κ3) is 2.66. The van der Waals surface area contributed by atoms with Crippen LogP contribution in [0.2, 0.25) is 0 Å². The number of hydrogen-bond acceptors (Lipinski definition) is 4. The van der Waals surface area contributed by atoms with E-state index in [1.165, 1.54) is 12.1 Å². The molecule has 22 heavy (non-hydrogen) atoms. The van der Waals surface area contributed by atoms with Crippen molar-refractivity contribution >= 4 is 10.1 Å². The highest BCUT2D eigenvalue weighted by Gasteiger charge is 2.18. The summed E-state index contributed by atoms with van der Waals surface area (Å²) in [4.78, 5) is -0.176. The number of hydrogen-bond donors (Lipinski definition) is 1. The summed E-state index contributed by atoms with van der Waals surface area (Å²) in [6, 6.07) is 15.5. The van der Waals surface area contributed by atoms with E-state index < -0.39 is 10.1 Å². The van der Waals surface area contributed by atoms with Crippen molar-refractivity contribution in [2.45, 2.75) is 11.8 Å². The van der Waals surface area contributed by atoms with Crippen LogP contribution in [0.4, 0.5) is 0 Å². The van der Waals surface area contributed by atoms with E-state index in [0.29, 0.717) is 17.0 Å². The molecular weight excluding hydrogens is 302 g/mol. The lowest BCUT2D eigenvalue weighted by Crippen LogP contribution is -1.98. The molecule has 1 aromatic heterocycles.